The first-order valence-electron chi connectivity index (χ1n) is 6.76. The third kappa shape index (κ3) is 3.52. The second-order valence-corrected chi connectivity index (χ2v) is 5.01. The lowest BCUT2D eigenvalue weighted by molar-refractivity contribution is 0.409. The first kappa shape index (κ1) is 14.4. The number of phenols is 1. The zero-order valence-electron chi connectivity index (χ0n) is 12.2. The van der Waals surface area contributed by atoms with Crippen molar-refractivity contribution in [1.82, 2.24) is 5.32 Å². The fourth-order valence-corrected chi connectivity index (χ4v) is 2.07. The molecule has 0 amide bonds. The monoisotopic (exact) mass is 271 g/mol. The topological polar surface area (TPSA) is 41.5 Å². The molecule has 0 fully saturated rings. The van der Waals surface area contributed by atoms with Crippen LogP contribution in [0.3, 0.4) is 0 Å². The summed E-state index contributed by atoms with van der Waals surface area (Å²) in [6.07, 6.45) is 0. The SMILES string of the molecule is COc1ccc(O)c(CN[C@H](C)c2ccc(C)cc2)c1. The van der Waals surface area contributed by atoms with Crippen LogP contribution in [0.2, 0.25) is 0 Å². The number of aromatic hydroxyl groups is 1. The van der Waals surface area contributed by atoms with Gasteiger partial charge in [0.25, 0.3) is 0 Å². The van der Waals surface area contributed by atoms with Gasteiger partial charge in [-0.05, 0) is 37.6 Å². The van der Waals surface area contributed by atoms with Crippen LogP contribution >= 0.6 is 0 Å². The van der Waals surface area contributed by atoms with Gasteiger partial charge in [-0.2, -0.15) is 0 Å². The van der Waals surface area contributed by atoms with Gasteiger partial charge in [-0.15, -0.1) is 0 Å². The van der Waals surface area contributed by atoms with Gasteiger partial charge in [-0.3, -0.25) is 0 Å². The van der Waals surface area contributed by atoms with E-state index in [9.17, 15) is 5.11 Å². The van der Waals surface area contributed by atoms with Crippen molar-refractivity contribution in [2.24, 2.45) is 0 Å². The molecule has 0 aliphatic rings. The van der Waals surface area contributed by atoms with Crippen LogP contribution < -0.4 is 10.1 Å². The number of rotatable bonds is 5. The van der Waals surface area contributed by atoms with Gasteiger partial charge in [0.2, 0.25) is 0 Å². The maximum absolute atomic E-state index is 9.85. The van der Waals surface area contributed by atoms with Crippen LogP contribution in [0.5, 0.6) is 11.5 Å². The summed E-state index contributed by atoms with van der Waals surface area (Å²) in [4.78, 5) is 0. The molecular weight excluding hydrogens is 250 g/mol. The Morgan fingerprint density at radius 3 is 2.50 bits per heavy atom. The Morgan fingerprint density at radius 1 is 1.15 bits per heavy atom. The van der Waals surface area contributed by atoms with Gasteiger partial charge >= 0.3 is 0 Å². The molecule has 2 N–H and O–H groups in total. The van der Waals surface area contributed by atoms with Crippen molar-refractivity contribution < 1.29 is 9.84 Å². The third-order valence-corrected chi connectivity index (χ3v) is 3.46. The van der Waals surface area contributed by atoms with Crippen LogP contribution in [0.4, 0.5) is 0 Å². The molecule has 0 radical (unpaired) electrons. The van der Waals surface area contributed by atoms with E-state index in [1.807, 2.05) is 6.07 Å². The maximum Gasteiger partial charge on any atom is 0.120 e. The van der Waals surface area contributed by atoms with Gasteiger partial charge < -0.3 is 15.2 Å². The third-order valence-electron chi connectivity index (χ3n) is 3.46. The molecule has 2 aromatic carbocycles. The predicted molar refractivity (Wildman–Crippen MR) is 81.1 cm³/mol. The summed E-state index contributed by atoms with van der Waals surface area (Å²) in [5.74, 6) is 1.04. The van der Waals surface area contributed by atoms with Gasteiger partial charge in [0.1, 0.15) is 11.5 Å². The van der Waals surface area contributed by atoms with E-state index >= 15 is 0 Å². The van der Waals surface area contributed by atoms with Crippen LogP contribution in [0.1, 0.15) is 29.7 Å². The minimum absolute atomic E-state index is 0.223. The average molecular weight is 271 g/mol. The molecule has 0 aliphatic carbocycles. The minimum Gasteiger partial charge on any atom is -0.508 e. The number of aryl methyl sites for hydroxylation is 1. The second-order valence-electron chi connectivity index (χ2n) is 5.01. The normalized spacial score (nSPS) is 12.2. The molecule has 1 atom stereocenters. The molecule has 0 aliphatic heterocycles. The average Bonchev–Trinajstić information content (AvgIpc) is 2.47. The van der Waals surface area contributed by atoms with E-state index < -0.39 is 0 Å². The molecule has 3 heteroatoms. The Balaban J connectivity index is 2.02. The Bertz CT molecular complexity index is 564. The highest BCUT2D eigenvalue weighted by molar-refractivity contribution is 5.39. The van der Waals surface area contributed by atoms with Crippen LogP contribution in [0.15, 0.2) is 42.5 Å². The van der Waals surface area contributed by atoms with E-state index in [1.165, 1.54) is 11.1 Å². The molecule has 0 aromatic heterocycles. The summed E-state index contributed by atoms with van der Waals surface area (Å²) in [5, 5.41) is 13.3. The largest absolute Gasteiger partial charge is 0.508 e. The van der Waals surface area contributed by atoms with Gasteiger partial charge in [0.05, 0.1) is 7.11 Å². The van der Waals surface area contributed by atoms with Gasteiger partial charge in [0.15, 0.2) is 0 Å². The van der Waals surface area contributed by atoms with Crippen molar-refractivity contribution in [3.8, 4) is 11.5 Å². The summed E-state index contributed by atoms with van der Waals surface area (Å²) in [7, 11) is 1.62. The fraction of sp³-hybridized carbons (Fsp3) is 0.294. The van der Waals surface area contributed by atoms with E-state index in [1.54, 1.807) is 19.2 Å². The first-order chi connectivity index (χ1) is 9.60. The molecule has 0 heterocycles. The van der Waals surface area contributed by atoms with Crippen molar-refractivity contribution in [2.45, 2.75) is 26.4 Å². The zero-order valence-corrected chi connectivity index (χ0v) is 12.2. The van der Waals surface area contributed by atoms with Gasteiger partial charge in [-0.1, -0.05) is 29.8 Å². The van der Waals surface area contributed by atoms with E-state index in [0.29, 0.717) is 6.54 Å². The molecule has 0 saturated heterocycles. The van der Waals surface area contributed by atoms with E-state index in [2.05, 4.69) is 43.4 Å². The van der Waals surface area contributed by atoms with Crippen LogP contribution in [-0.2, 0) is 6.54 Å². The second kappa shape index (κ2) is 6.44. The van der Waals surface area contributed by atoms with Crippen molar-refractivity contribution in [3.63, 3.8) is 0 Å². The van der Waals surface area contributed by atoms with Crippen molar-refractivity contribution in [3.05, 3.63) is 59.2 Å². The van der Waals surface area contributed by atoms with Gasteiger partial charge in [-0.25, -0.2) is 0 Å². The van der Waals surface area contributed by atoms with Crippen LogP contribution in [0.25, 0.3) is 0 Å². The molecule has 20 heavy (non-hydrogen) atoms. The van der Waals surface area contributed by atoms with E-state index in [-0.39, 0.29) is 11.8 Å². The first-order valence-corrected chi connectivity index (χ1v) is 6.76. The quantitative estimate of drug-likeness (QED) is 0.873. The van der Waals surface area contributed by atoms with Gasteiger partial charge in [0, 0.05) is 18.2 Å². The number of benzene rings is 2. The highest BCUT2D eigenvalue weighted by Crippen LogP contribution is 2.23. The Morgan fingerprint density at radius 2 is 1.85 bits per heavy atom. The molecule has 0 spiro atoms. The molecule has 3 nitrogen and oxygen atoms in total. The van der Waals surface area contributed by atoms with E-state index in [0.717, 1.165) is 11.3 Å². The number of nitrogens with one attached hydrogen (secondary N) is 1. The molecule has 0 bridgehead atoms. The summed E-state index contributed by atoms with van der Waals surface area (Å²) >= 11 is 0. The number of ether oxygens (including phenoxy) is 1. The highest BCUT2D eigenvalue weighted by atomic mass is 16.5. The molecule has 2 rings (SSSR count). The van der Waals surface area contributed by atoms with Crippen LogP contribution in [-0.4, -0.2) is 12.2 Å². The summed E-state index contributed by atoms with van der Waals surface area (Å²) in [5.41, 5.74) is 3.33. The summed E-state index contributed by atoms with van der Waals surface area (Å²) in [6.45, 7) is 4.79. The Hall–Kier alpha value is -2.00. The standard InChI is InChI=1S/C17H21NO2/c1-12-4-6-14(7-5-12)13(2)18-11-15-10-16(20-3)8-9-17(15)19/h4-10,13,18-19H,11H2,1-3H3/t13-/m1/s1. The molecule has 0 unspecified atom stereocenters. The molecular formula is C17H21NO2. The minimum atomic E-state index is 0.223. The highest BCUT2D eigenvalue weighted by Gasteiger charge is 2.07. The predicted octanol–water partition coefficient (Wildman–Crippen LogP) is 3.56. The Kier molecular flexibility index (Phi) is 4.64. The number of hydrogen-bond donors (Lipinski definition) is 2. The lowest BCUT2D eigenvalue weighted by atomic mass is 10.1. The number of methoxy groups -OCH3 is 1. The Labute approximate surface area is 120 Å². The number of phenolic OH excluding ortho intramolecular Hbond substituents is 1. The molecule has 0 saturated carbocycles. The number of hydrogen-bond acceptors (Lipinski definition) is 3. The smallest absolute Gasteiger partial charge is 0.120 e. The molecule has 2 aromatic rings. The fourth-order valence-electron chi connectivity index (χ4n) is 2.07. The van der Waals surface area contributed by atoms with Crippen molar-refractivity contribution >= 4 is 0 Å². The lowest BCUT2D eigenvalue weighted by Crippen LogP contribution is -2.18. The van der Waals surface area contributed by atoms with Crippen molar-refractivity contribution in [2.75, 3.05) is 7.11 Å². The summed E-state index contributed by atoms with van der Waals surface area (Å²) in [6, 6.07) is 13.9. The maximum atomic E-state index is 9.85. The van der Waals surface area contributed by atoms with E-state index in [4.69, 9.17) is 4.74 Å². The van der Waals surface area contributed by atoms with Crippen LogP contribution in [0, 0.1) is 6.92 Å². The zero-order chi connectivity index (χ0) is 14.5. The molecule has 106 valence electrons. The summed E-state index contributed by atoms with van der Waals surface area (Å²) < 4.78 is 5.18. The van der Waals surface area contributed by atoms with Crippen molar-refractivity contribution in [1.29, 1.82) is 0 Å². The lowest BCUT2D eigenvalue weighted by Gasteiger charge is -2.15.